The highest BCUT2D eigenvalue weighted by molar-refractivity contribution is 7.13. The van der Waals surface area contributed by atoms with Crippen LogP contribution in [0.25, 0.3) is 10.6 Å². The first-order valence-electron chi connectivity index (χ1n) is 8.60. The van der Waals surface area contributed by atoms with Gasteiger partial charge in [0.05, 0.1) is 23.7 Å². The lowest BCUT2D eigenvalue weighted by atomic mass is 10.0. The summed E-state index contributed by atoms with van der Waals surface area (Å²) in [5.74, 6) is 1.08. The molecular formula is C18H23N3OS. The van der Waals surface area contributed by atoms with Crippen LogP contribution < -0.4 is 0 Å². The van der Waals surface area contributed by atoms with Crippen molar-refractivity contribution in [3.05, 3.63) is 28.3 Å². The fourth-order valence-electron chi connectivity index (χ4n) is 3.86. The molecule has 2 aliphatic rings. The molecule has 0 radical (unpaired) electrons. The van der Waals surface area contributed by atoms with Gasteiger partial charge in [0.2, 0.25) is 5.91 Å². The molecule has 23 heavy (non-hydrogen) atoms. The maximum Gasteiger partial charge on any atom is 0.223 e. The molecule has 3 heterocycles. The average Bonchev–Trinajstić information content (AvgIpc) is 3.28. The fourth-order valence-corrected chi connectivity index (χ4v) is 4.78. The molecule has 1 aliphatic carbocycles. The lowest BCUT2D eigenvalue weighted by Gasteiger charge is -2.17. The highest BCUT2D eigenvalue weighted by Crippen LogP contribution is 2.35. The summed E-state index contributed by atoms with van der Waals surface area (Å²) in [4.78, 5) is 15.7. The van der Waals surface area contributed by atoms with E-state index in [9.17, 15) is 4.79 Å². The predicted molar refractivity (Wildman–Crippen MR) is 92.1 cm³/mol. The zero-order valence-electron chi connectivity index (χ0n) is 13.6. The number of hydrogen-bond donors (Lipinski definition) is 1. The molecule has 1 N–H and O–H groups in total. The third-order valence-corrected chi connectivity index (χ3v) is 6.26. The molecule has 5 heteroatoms. The van der Waals surface area contributed by atoms with Crippen molar-refractivity contribution in [2.75, 3.05) is 0 Å². The third kappa shape index (κ3) is 2.94. The number of aromatic amines is 1. The molecule has 1 saturated carbocycles. The number of carbonyl (C=O) groups is 1. The van der Waals surface area contributed by atoms with Crippen LogP contribution >= 0.6 is 11.3 Å². The van der Waals surface area contributed by atoms with Crippen LogP contribution in [0.15, 0.2) is 11.4 Å². The Morgan fingerprint density at radius 1 is 1.39 bits per heavy atom. The van der Waals surface area contributed by atoms with Gasteiger partial charge in [0.15, 0.2) is 0 Å². The van der Waals surface area contributed by atoms with E-state index in [1.807, 2.05) is 4.90 Å². The third-order valence-electron chi connectivity index (χ3n) is 5.21. The van der Waals surface area contributed by atoms with E-state index in [0.717, 1.165) is 23.7 Å². The zero-order chi connectivity index (χ0) is 15.8. The number of thiophene rings is 1. The Morgan fingerprint density at radius 3 is 2.96 bits per heavy atom. The van der Waals surface area contributed by atoms with Crippen LogP contribution in [0, 0.1) is 12.8 Å². The van der Waals surface area contributed by atoms with E-state index in [1.54, 1.807) is 11.3 Å². The SMILES string of the molecule is Cc1csc(-c2n[nH]c3c2CN(C(=O)CCC2CCCC2)C3)c1. The van der Waals surface area contributed by atoms with Crippen molar-refractivity contribution in [2.24, 2.45) is 5.92 Å². The maximum atomic E-state index is 12.5. The second kappa shape index (κ2) is 6.11. The summed E-state index contributed by atoms with van der Waals surface area (Å²) in [6.45, 7) is 3.50. The van der Waals surface area contributed by atoms with Gasteiger partial charge in [-0.1, -0.05) is 25.7 Å². The van der Waals surface area contributed by atoms with Crippen LogP contribution in [-0.4, -0.2) is 21.0 Å². The van der Waals surface area contributed by atoms with E-state index in [1.165, 1.54) is 41.7 Å². The van der Waals surface area contributed by atoms with Crippen molar-refractivity contribution in [2.45, 2.75) is 58.5 Å². The molecular weight excluding hydrogens is 306 g/mol. The monoisotopic (exact) mass is 329 g/mol. The first kappa shape index (κ1) is 14.9. The topological polar surface area (TPSA) is 49.0 Å². The van der Waals surface area contributed by atoms with Crippen LogP contribution in [0.2, 0.25) is 0 Å². The van der Waals surface area contributed by atoms with Crippen LogP contribution in [0.4, 0.5) is 0 Å². The van der Waals surface area contributed by atoms with Gasteiger partial charge in [-0.05, 0) is 36.3 Å². The first-order chi connectivity index (χ1) is 11.2. The number of amides is 1. The molecule has 0 spiro atoms. The second-order valence-corrected chi connectivity index (χ2v) is 7.87. The minimum atomic E-state index is 0.301. The molecule has 4 rings (SSSR count). The summed E-state index contributed by atoms with van der Waals surface area (Å²) in [7, 11) is 0. The molecule has 0 unspecified atom stereocenters. The van der Waals surface area contributed by atoms with Crippen LogP contribution in [0.5, 0.6) is 0 Å². The number of aromatic nitrogens is 2. The summed E-state index contributed by atoms with van der Waals surface area (Å²) in [6.07, 6.45) is 7.11. The van der Waals surface area contributed by atoms with Crippen molar-refractivity contribution in [1.29, 1.82) is 0 Å². The molecule has 1 amide bonds. The predicted octanol–water partition coefficient (Wildman–Crippen LogP) is 4.26. The highest BCUT2D eigenvalue weighted by atomic mass is 32.1. The Bertz CT molecular complexity index is 712. The molecule has 2 aromatic rings. The number of aryl methyl sites for hydroxylation is 1. The molecule has 2 aromatic heterocycles. The summed E-state index contributed by atoms with van der Waals surface area (Å²) in [6, 6.07) is 2.17. The Balaban J connectivity index is 1.41. The summed E-state index contributed by atoms with van der Waals surface area (Å²) < 4.78 is 0. The smallest absolute Gasteiger partial charge is 0.223 e. The molecule has 1 fully saturated rings. The first-order valence-corrected chi connectivity index (χ1v) is 9.48. The number of fused-ring (bicyclic) bond motifs is 1. The molecule has 4 nitrogen and oxygen atoms in total. The van der Waals surface area contributed by atoms with Gasteiger partial charge < -0.3 is 4.90 Å². The average molecular weight is 329 g/mol. The molecule has 0 saturated heterocycles. The Hall–Kier alpha value is -1.62. The van der Waals surface area contributed by atoms with Gasteiger partial charge in [0, 0.05) is 12.0 Å². The number of carbonyl (C=O) groups excluding carboxylic acids is 1. The van der Waals surface area contributed by atoms with Gasteiger partial charge in [-0.2, -0.15) is 5.10 Å². The van der Waals surface area contributed by atoms with Crippen molar-refractivity contribution in [1.82, 2.24) is 15.1 Å². The molecule has 0 atom stereocenters. The van der Waals surface area contributed by atoms with E-state index >= 15 is 0 Å². The normalized spacial score (nSPS) is 17.9. The largest absolute Gasteiger partial charge is 0.332 e. The van der Waals surface area contributed by atoms with E-state index < -0.39 is 0 Å². The highest BCUT2D eigenvalue weighted by Gasteiger charge is 2.29. The van der Waals surface area contributed by atoms with Gasteiger partial charge in [0.25, 0.3) is 0 Å². The van der Waals surface area contributed by atoms with Crippen molar-refractivity contribution < 1.29 is 4.79 Å². The standard InChI is InChI=1S/C18H23N3OS/c1-12-8-16(23-11-12)18-14-9-21(10-15(14)19-20-18)17(22)7-6-13-4-2-3-5-13/h8,11,13H,2-7,9-10H2,1H3,(H,19,20). The van der Waals surface area contributed by atoms with Crippen LogP contribution in [0.1, 0.15) is 55.3 Å². The maximum absolute atomic E-state index is 12.5. The van der Waals surface area contributed by atoms with Gasteiger partial charge in [0.1, 0.15) is 5.69 Å². The number of H-pyrrole nitrogens is 1. The number of hydrogen-bond acceptors (Lipinski definition) is 3. The zero-order valence-corrected chi connectivity index (χ0v) is 14.4. The van der Waals surface area contributed by atoms with Gasteiger partial charge >= 0.3 is 0 Å². The Morgan fingerprint density at radius 2 is 2.22 bits per heavy atom. The van der Waals surface area contributed by atoms with Gasteiger partial charge in [-0.3, -0.25) is 9.89 Å². The van der Waals surface area contributed by atoms with Crippen molar-refractivity contribution >= 4 is 17.2 Å². The number of nitrogens with one attached hydrogen (secondary N) is 1. The van der Waals surface area contributed by atoms with Crippen molar-refractivity contribution in [3.63, 3.8) is 0 Å². The van der Waals surface area contributed by atoms with Crippen LogP contribution in [-0.2, 0) is 17.9 Å². The summed E-state index contributed by atoms with van der Waals surface area (Å²) in [5.41, 5.74) is 4.62. The minimum absolute atomic E-state index is 0.301. The molecule has 0 aromatic carbocycles. The van der Waals surface area contributed by atoms with Crippen LogP contribution in [0.3, 0.4) is 0 Å². The fraction of sp³-hybridized carbons (Fsp3) is 0.556. The van der Waals surface area contributed by atoms with E-state index in [0.29, 0.717) is 25.4 Å². The van der Waals surface area contributed by atoms with E-state index in [2.05, 4.69) is 28.6 Å². The van der Waals surface area contributed by atoms with Gasteiger partial charge in [-0.15, -0.1) is 11.3 Å². The van der Waals surface area contributed by atoms with E-state index in [-0.39, 0.29) is 0 Å². The summed E-state index contributed by atoms with van der Waals surface area (Å²) in [5, 5.41) is 9.76. The van der Waals surface area contributed by atoms with Crippen molar-refractivity contribution in [3.8, 4) is 10.6 Å². The lowest BCUT2D eigenvalue weighted by molar-refractivity contribution is -0.132. The second-order valence-electron chi connectivity index (χ2n) is 6.96. The Kier molecular flexibility index (Phi) is 3.97. The molecule has 0 bridgehead atoms. The lowest BCUT2D eigenvalue weighted by Crippen LogP contribution is -2.26. The number of rotatable bonds is 4. The number of nitrogens with zero attached hydrogens (tertiary/aromatic N) is 2. The van der Waals surface area contributed by atoms with E-state index in [4.69, 9.17) is 0 Å². The minimum Gasteiger partial charge on any atom is -0.332 e. The Labute approximate surface area is 140 Å². The molecule has 122 valence electrons. The quantitative estimate of drug-likeness (QED) is 0.911. The summed E-state index contributed by atoms with van der Waals surface area (Å²) >= 11 is 1.72. The van der Waals surface area contributed by atoms with Gasteiger partial charge in [-0.25, -0.2) is 0 Å². The molecule has 1 aliphatic heterocycles.